The minimum absolute atomic E-state index is 0.254. The highest BCUT2D eigenvalue weighted by molar-refractivity contribution is 8.18. The Bertz CT molecular complexity index is 1160. The van der Waals surface area contributed by atoms with E-state index in [1.54, 1.807) is 25.3 Å². The fourth-order valence-corrected chi connectivity index (χ4v) is 4.15. The van der Waals surface area contributed by atoms with Gasteiger partial charge in [-0.2, -0.15) is 0 Å². The van der Waals surface area contributed by atoms with Gasteiger partial charge in [0.05, 0.1) is 18.6 Å². The third-order valence-electron chi connectivity index (χ3n) is 4.85. The summed E-state index contributed by atoms with van der Waals surface area (Å²) in [6.45, 7) is 0.620. The maximum atomic E-state index is 12.8. The number of hydrogen-bond donors (Lipinski definition) is 0. The highest BCUT2D eigenvalue weighted by Crippen LogP contribution is 2.35. The van der Waals surface area contributed by atoms with Crippen LogP contribution in [0.5, 0.6) is 11.5 Å². The van der Waals surface area contributed by atoms with Crippen molar-refractivity contribution in [1.29, 1.82) is 0 Å². The highest BCUT2D eigenvalue weighted by Gasteiger charge is 2.34. The zero-order chi connectivity index (χ0) is 22.5. The molecule has 5 nitrogen and oxygen atoms in total. The number of amides is 2. The summed E-state index contributed by atoms with van der Waals surface area (Å²) in [7, 11) is 1.56. The summed E-state index contributed by atoms with van der Waals surface area (Å²) >= 11 is 6.85. The van der Waals surface area contributed by atoms with E-state index < -0.39 is 0 Å². The Morgan fingerprint density at radius 1 is 0.938 bits per heavy atom. The summed E-state index contributed by atoms with van der Waals surface area (Å²) in [4.78, 5) is 26.8. The monoisotopic (exact) mass is 465 g/mol. The molecule has 0 radical (unpaired) electrons. The number of carbonyl (C=O) groups is 2. The number of hydrogen-bond acceptors (Lipinski definition) is 5. The van der Waals surface area contributed by atoms with E-state index in [0.717, 1.165) is 28.5 Å². The van der Waals surface area contributed by atoms with Crippen molar-refractivity contribution in [3.8, 4) is 11.5 Å². The SMILES string of the molecule is COc1cc(/C=C2\SC(=O)N(Cc3ccccc3)C2=O)ccc1OCc1ccc(Cl)cc1. The van der Waals surface area contributed by atoms with Crippen molar-refractivity contribution in [2.45, 2.75) is 13.2 Å². The Kier molecular flexibility index (Phi) is 6.83. The summed E-state index contributed by atoms with van der Waals surface area (Å²) in [5.74, 6) is 0.818. The van der Waals surface area contributed by atoms with Crippen LogP contribution in [0.3, 0.4) is 0 Å². The van der Waals surface area contributed by atoms with Crippen molar-refractivity contribution in [2.75, 3.05) is 7.11 Å². The number of nitrogens with zero attached hydrogens (tertiary/aromatic N) is 1. The molecule has 0 unspecified atom stereocenters. The second-order valence-corrected chi connectivity index (χ2v) is 8.51. The zero-order valence-electron chi connectivity index (χ0n) is 17.3. The molecule has 0 aliphatic carbocycles. The predicted octanol–water partition coefficient (Wildman–Crippen LogP) is 6.16. The number of imide groups is 1. The number of ether oxygens (including phenoxy) is 2. The largest absolute Gasteiger partial charge is 0.493 e. The molecular weight excluding hydrogens is 446 g/mol. The van der Waals surface area contributed by atoms with Gasteiger partial charge >= 0.3 is 0 Å². The molecule has 1 saturated heterocycles. The Labute approximate surface area is 195 Å². The van der Waals surface area contributed by atoms with Crippen LogP contribution in [0.2, 0.25) is 5.02 Å². The lowest BCUT2D eigenvalue weighted by molar-refractivity contribution is -0.123. The normalized spacial score (nSPS) is 14.8. The second-order valence-electron chi connectivity index (χ2n) is 7.08. The van der Waals surface area contributed by atoms with E-state index in [-0.39, 0.29) is 17.7 Å². The van der Waals surface area contributed by atoms with E-state index in [0.29, 0.717) is 28.0 Å². The van der Waals surface area contributed by atoms with Crippen LogP contribution in [0.1, 0.15) is 16.7 Å². The first-order valence-electron chi connectivity index (χ1n) is 9.88. The summed E-state index contributed by atoms with van der Waals surface area (Å²) in [5, 5.41) is 0.392. The first-order valence-corrected chi connectivity index (χ1v) is 11.1. The van der Waals surface area contributed by atoms with Gasteiger partial charge in [-0.15, -0.1) is 0 Å². The number of methoxy groups -OCH3 is 1. The Morgan fingerprint density at radius 3 is 2.41 bits per heavy atom. The number of halogens is 1. The Morgan fingerprint density at radius 2 is 1.69 bits per heavy atom. The molecule has 162 valence electrons. The fraction of sp³-hybridized carbons (Fsp3) is 0.120. The van der Waals surface area contributed by atoms with Crippen LogP contribution in [0.4, 0.5) is 4.79 Å². The molecule has 0 N–H and O–H groups in total. The minimum atomic E-state index is -0.300. The quantitative estimate of drug-likeness (QED) is 0.391. The number of carbonyl (C=O) groups excluding carboxylic acids is 2. The molecule has 1 heterocycles. The molecule has 32 heavy (non-hydrogen) atoms. The van der Waals surface area contributed by atoms with Crippen molar-refractivity contribution < 1.29 is 19.1 Å². The van der Waals surface area contributed by atoms with Gasteiger partial charge in [0, 0.05) is 5.02 Å². The average molecular weight is 466 g/mol. The second kappa shape index (κ2) is 9.94. The molecule has 0 bridgehead atoms. The molecule has 0 aromatic heterocycles. The summed E-state index contributed by atoms with van der Waals surface area (Å²) in [6, 6.07) is 22.2. The molecule has 0 saturated carbocycles. The van der Waals surface area contributed by atoms with Gasteiger partial charge in [-0.1, -0.05) is 60.1 Å². The first-order chi connectivity index (χ1) is 15.5. The van der Waals surface area contributed by atoms with Crippen molar-refractivity contribution in [3.05, 3.63) is 99.4 Å². The van der Waals surface area contributed by atoms with Crippen LogP contribution < -0.4 is 9.47 Å². The summed E-state index contributed by atoms with van der Waals surface area (Å²) in [5.41, 5.74) is 2.62. The van der Waals surface area contributed by atoms with E-state index in [4.69, 9.17) is 21.1 Å². The van der Waals surface area contributed by atoms with Crippen LogP contribution in [-0.4, -0.2) is 23.2 Å². The first kappa shape index (κ1) is 22.0. The molecule has 3 aromatic rings. The van der Waals surface area contributed by atoms with E-state index in [1.165, 1.54) is 4.90 Å². The molecular formula is C25H20ClNO4S. The third-order valence-corrected chi connectivity index (χ3v) is 6.01. The topological polar surface area (TPSA) is 55.8 Å². The van der Waals surface area contributed by atoms with Gasteiger partial charge in [0.15, 0.2) is 11.5 Å². The van der Waals surface area contributed by atoms with Gasteiger partial charge in [-0.25, -0.2) is 0 Å². The smallest absolute Gasteiger partial charge is 0.293 e. The van der Waals surface area contributed by atoms with Gasteiger partial charge in [0.25, 0.3) is 11.1 Å². The Hall–Kier alpha value is -3.22. The number of rotatable bonds is 7. The zero-order valence-corrected chi connectivity index (χ0v) is 18.9. The predicted molar refractivity (Wildman–Crippen MR) is 127 cm³/mol. The minimum Gasteiger partial charge on any atom is -0.493 e. The molecule has 7 heteroatoms. The fourth-order valence-electron chi connectivity index (χ4n) is 3.19. The van der Waals surface area contributed by atoms with Gasteiger partial charge in [0.2, 0.25) is 0 Å². The molecule has 2 amide bonds. The lowest BCUT2D eigenvalue weighted by atomic mass is 10.1. The molecule has 1 aliphatic rings. The molecule has 0 spiro atoms. The van der Waals surface area contributed by atoms with E-state index in [9.17, 15) is 9.59 Å². The van der Waals surface area contributed by atoms with E-state index in [2.05, 4.69) is 0 Å². The highest BCUT2D eigenvalue weighted by atomic mass is 35.5. The molecule has 0 atom stereocenters. The summed E-state index contributed by atoms with van der Waals surface area (Å²) < 4.78 is 11.3. The number of benzene rings is 3. The van der Waals surface area contributed by atoms with Crippen LogP contribution in [0.25, 0.3) is 6.08 Å². The Balaban J connectivity index is 1.48. The van der Waals surface area contributed by atoms with Crippen molar-refractivity contribution in [1.82, 2.24) is 4.90 Å². The molecule has 4 rings (SSSR count). The van der Waals surface area contributed by atoms with Crippen LogP contribution in [-0.2, 0) is 17.9 Å². The van der Waals surface area contributed by atoms with Crippen LogP contribution in [0, 0.1) is 0 Å². The number of thioether (sulfide) groups is 1. The van der Waals surface area contributed by atoms with Gasteiger partial charge in [-0.3, -0.25) is 14.5 Å². The molecule has 1 fully saturated rings. The third kappa shape index (κ3) is 5.15. The lowest BCUT2D eigenvalue weighted by Gasteiger charge is -2.12. The average Bonchev–Trinajstić information content (AvgIpc) is 3.07. The maximum absolute atomic E-state index is 12.8. The van der Waals surface area contributed by atoms with Gasteiger partial charge < -0.3 is 9.47 Å². The van der Waals surface area contributed by atoms with Crippen LogP contribution >= 0.6 is 23.4 Å². The molecule has 3 aromatic carbocycles. The summed E-state index contributed by atoms with van der Waals surface area (Å²) in [6.07, 6.45) is 1.70. The van der Waals surface area contributed by atoms with E-state index in [1.807, 2.05) is 60.7 Å². The standard InChI is InChI=1S/C25H20ClNO4S/c1-30-22-13-19(9-12-21(22)31-16-18-7-10-20(26)11-8-18)14-23-24(28)27(25(29)32-23)15-17-5-3-2-4-6-17/h2-14H,15-16H2,1H3/b23-14-. The maximum Gasteiger partial charge on any atom is 0.293 e. The lowest BCUT2D eigenvalue weighted by Crippen LogP contribution is -2.27. The van der Waals surface area contributed by atoms with Gasteiger partial charge in [0.1, 0.15) is 6.61 Å². The molecule has 1 aliphatic heterocycles. The van der Waals surface area contributed by atoms with Gasteiger partial charge in [-0.05, 0) is 58.8 Å². The van der Waals surface area contributed by atoms with Crippen LogP contribution in [0.15, 0.2) is 77.7 Å². The van der Waals surface area contributed by atoms with E-state index >= 15 is 0 Å². The van der Waals surface area contributed by atoms with Crippen molar-refractivity contribution in [3.63, 3.8) is 0 Å². The van der Waals surface area contributed by atoms with Crippen molar-refractivity contribution in [2.24, 2.45) is 0 Å². The van der Waals surface area contributed by atoms with Crippen molar-refractivity contribution >= 4 is 40.6 Å².